The molecule has 1 aromatic rings. The van der Waals surface area contributed by atoms with Crippen LogP contribution in [-0.4, -0.2) is 36.7 Å². The van der Waals surface area contributed by atoms with E-state index in [-0.39, 0.29) is 5.82 Å². The summed E-state index contributed by atoms with van der Waals surface area (Å²) in [6.07, 6.45) is 1.61. The summed E-state index contributed by atoms with van der Waals surface area (Å²) in [5, 5.41) is 12.6. The Kier molecular flexibility index (Phi) is 4.60. The van der Waals surface area contributed by atoms with E-state index >= 15 is 0 Å². The van der Waals surface area contributed by atoms with Crippen molar-refractivity contribution in [1.82, 2.24) is 9.78 Å². The van der Waals surface area contributed by atoms with Gasteiger partial charge in [0.15, 0.2) is 5.82 Å². The third-order valence-electron chi connectivity index (χ3n) is 1.81. The molecule has 82 valence electrons. The molecule has 0 amide bonds. The smallest absolute Gasteiger partial charge is 0.163 e. The van der Waals surface area contributed by atoms with E-state index in [1.165, 1.54) is 0 Å². The summed E-state index contributed by atoms with van der Waals surface area (Å²) in [7, 11) is 1.62. The molecular weight excluding hydrogens is 196 g/mol. The van der Waals surface area contributed by atoms with Crippen LogP contribution >= 0.6 is 0 Å². The Morgan fingerprint density at radius 2 is 2.33 bits per heavy atom. The van der Waals surface area contributed by atoms with E-state index in [1.807, 2.05) is 6.07 Å². The van der Waals surface area contributed by atoms with Gasteiger partial charge in [0, 0.05) is 13.3 Å². The predicted octanol–water partition coefficient (Wildman–Crippen LogP) is -0.0000200. The van der Waals surface area contributed by atoms with Crippen LogP contribution in [0.4, 0.5) is 5.82 Å². The van der Waals surface area contributed by atoms with Crippen LogP contribution in [0.3, 0.4) is 0 Å². The first-order valence-electron chi connectivity index (χ1n) is 4.57. The maximum absolute atomic E-state index is 8.64. The average Bonchev–Trinajstić information content (AvgIpc) is 2.59. The number of rotatable bonds is 6. The molecule has 2 N–H and O–H groups in total. The number of nitrogens with two attached hydrogens (primary N) is 1. The molecule has 6 nitrogen and oxygen atoms in total. The molecule has 0 aromatic carbocycles. The largest absolute Gasteiger partial charge is 0.382 e. The zero-order valence-electron chi connectivity index (χ0n) is 8.64. The third kappa shape index (κ3) is 3.58. The SMILES string of the molecule is COCCOCCn1cc(C#N)c(N)n1. The van der Waals surface area contributed by atoms with Crippen LogP contribution in [0, 0.1) is 11.3 Å². The van der Waals surface area contributed by atoms with Gasteiger partial charge in [-0.2, -0.15) is 10.4 Å². The van der Waals surface area contributed by atoms with Crippen LogP contribution in [0.5, 0.6) is 0 Å². The number of aromatic nitrogens is 2. The van der Waals surface area contributed by atoms with Crippen molar-refractivity contribution in [3.8, 4) is 6.07 Å². The van der Waals surface area contributed by atoms with E-state index in [1.54, 1.807) is 18.0 Å². The highest BCUT2D eigenvalue weighted by atomic mass is 16.5. The molecule has 0 fully saturated rings. The summed E-state index contributed by atoms with van der Waals surface area (Å²) in [5.41, 5.74) is 5.88. The lowest BCUT2D eigenvalue weighted by Gasteiger charge is -2.03. The molecular formula is C9H14N4O2. The van der Waals surface area contributed by atoms with E-state index in [9.17, 15) is 0 Å². The molecule has 0 bridgehead atoms. The number of hydrogen-bond donors (Lipinski definition) is 1. The van der Waals surface area contributed by atoms with Crippen molar-refractivity contribution in [1.29, 1.82) is 5.26 Å². The molecule has 0 saturated heterocycles. The highest BCUT2D eigenvalue weighted by Gasteiger charge is 2.03. The van der Waals surface area contributed by atoms with Crippen LogP contribution in [-0.2, 0) is 16.0 Å². The van der Waals surface area contributed by atoms with Gasteiger partial charge >= 0.3 is 0 Å². The lowest BCUT2D eigenvalue weighted by atomic mass is 10.4. The van der Waals surface area contributed by atoms with Crippen molar-refractivity contribution in [2.24, 2.45) is 0 Å². The van der Waals surface area contributed by atoms with Gasteiger partial charge in [-0.1, -0.05) is 0 Å². The molecule has 0 aliphatic rings. The maximum Gasteiger partial charge on any atom is 0.163 e. The quantitative estimate of drug-likeness (QED) is 0.668. The van der Waals surface area contributed by atoms with Crippen LogP contribution in [0.1, 0.15) is 5.56 Å². The topological polar surface area (TPSA) is 86.1 Å². The van der Waals surface area contributed by atoms with Gasteiger partial charge in [-0.05, 0) is 0 Å². The summed E-state index contributed by atoms with van der Waals surface area (Å²) >= 11 is 0. The molecule has 0 radical (unpaired) electrons. The number of methoxy groups -OCH3 is 1. The van der Waals surface area contributed by atoms with E-state index in [0.717, 1.165) is 0 Å². The van der Waals surface area contributed by atoms with Crippen molar-refractivity contribution >= 4 is 5.82 Å². The molecule has 0 atom stereocenters. The van der Waals surface area contributed by atoms with Crippen LogP contribution in [0.25, 0.3) is 0 Å². The standard InChI is InChI=1S/C9H14N4O2/c1-14-4-5-15-3-2-13-7-8(6-10)9(11)12-13/h7H,2-5H2,1H3,(H2,11,12). The number of nitrogen functional groups attached to an aromatic ring is 1. The zero-order valence-corrected chi connectivity index (χ0v) is 8.64. The Morgan fingerprint density at radius 1 is 1.53 bits per heavy atom. The fourth-order valence-corrected chi connectivity index (χ4v) is 1.04. The molecule has 0 aliphatic heterocycles. The Balaban J connectivity index is 2.29. The summed E-state index contributed by atoms with van der Waals surface area (Å²) in [6.45, 7) is 2.23. The molecule has 1 aromatic heterocycles. The Hall–Kier alpha value is -1.58. The van der Waals surface area contributed by atoms with Gasteiger partial charge in [-0.3, -0.25) is 4.68 Å². The van der Waals surface area contributed by atoms with Gasteiger partial charge in [-0.15, -0.1) is 0 Å². The molecule has 0 saturated carbocycles. The number of nitrogens with zero attached hydrogens (tertiary/aromatic N) is 3. The minimum absolute atomic E-state index is 0.259. The second-order valence-corrected chi connectivity index (χ2v) is 2.91. The zero-order chi connectivity index (χ0) is 11.1. The first kappa shape index (κ1) is 11.5. The third-order valence-corrected chi connectivity index (χ3v) is 1.81. The molecule has 0 aliphatic carbocycles. The summed E-state index contributed by atoms with van der Waals surface area (Å²) in [5.74, 6) is 0.259. The maximum atomic E-state index is 8.64. The molecule has 1 rings (SSSR count). The van der Waals surface area contributed by atoms with Crippen LogP contribution < -0.4 is 5.73 Å². The van der Waals surface area contributed by atoms with Crippen molar-refractivity contribution in [3.05, 3.63) is 11.8 Å². The van der Waals surface area contributed by atoms with Gasteiger partial charge in [-0.25, -0.2) is 0 Å². The molecule has 1 heterocycles. The van der Waals surface area contributed by atoms with Crippen molar-refractivity contribution in [2.45, 2.75) is 6.54 Å². The summed E-state index contributed by atoms with van der Waals surface area (Å²) in [6, 6.07) is 1.96. The fourth-order valence-electron chi connectivity index (χ4n) is 1.04. The van der Waals surface area contributed by atoms with Gasteiger partial charge < -0.3 is 15.2 Å². The minimum Gasteiger partial charge on any atom is -0.382 e. The fraction of sp³-hybridized carbons (Fsp3) is 0.556. The number of nitriles is 1. The van der Waals surface area contributed by atoms with Gasteiger partial charge in [0.05, 0.1) is 26.4 Å². The lowest BCUT2D eigenvalue weighted by molar-refractivity contribution is 0.0654. The molecule has 15 heavy (non-hydrogen) atoms. The highest BCUT2D eigenvalue weighted by molar-refractivity contribution is 5.46. The molecule has 6 heteroatoms. The second kappa shape index (κ2) is 6.01. The Morgan fingerprint density at radius 3 is 2.93 bits per heavy atom. The van der Waals surface area contributed by atoms with Gasteiger partial charge in [0.1, 0.15) is 11.6 Å². The van der Waals surface area contributed by atoms with Crippen LogP contribution in [0.2, 0.25) is 0 Å². The van der Waals surface area contributed by atoms with Crippen molar-refractivity contribution in [2.75, 3.05) is 32.7 Å². The average molecular weight is 210 g/mol. The van der Waals surface area contributed by atoms with E-state index in [0.29, 0.717) is 31.9 Å². The summed E-state index contributed by atoms with van der Waals surface area (Å²) < 4.78 is 11.7. The van der Waals surface area contributed by atoms with Crippen LogP contribution in [0.15, 0.2) is 6.20 Å². The molecule has 0 unspecified atom stereocenters. The minimum atomic E-state index is 0.259. The number of anilines is 1. The number of hydrogen-bond acceptors (Lipinski definition) is 5. The predicted molar refractivity (Wildman–Crippen MR) is 54.0 cm³/mol. The monoisotopic (exact) mass is 210 g/mol. The lowest BCUT2D eigenvalue weighted by Crippen LogP contribution is -2.09. The van der Waals surface area contributed by atoms with E-state index in [4.69, 9.17) is 20.5 Å². The van der Waals surface area contributed by atoms with E-state index in [2.05, 4.69) is 5.10 Å². The van der Waals surface area contributed by atoms with E-state index < -0.39 is 0 Å². The Labute approximate surface area is 88.2 Å². The normalized spacial score (nSPS) is 10.1. The summed E-state index contributed by atoms with van der Waals surface area (Å²) in [4.78, 5) is 0. The highest BCUT2D eigenvalue weighted by Crippen LogP contribution is 2.06. The van der Waals surface area contributed by atoms with Gasteiger partial charge in [0.2, 0.25) is 0 Å². The second-order valence-electron chi connectivity index (χ2n) is 2.91. The first-order chi connectivity index (χ1) is 7.27. The number of ether oxygens (including phenoxy) is 2. The van der Waals surface area contributed by atoms with Crippen molar-refractivity contribution < 1.29 is 9.47 Å². The molecule has 0 spiro atoms. The van der Waals surface area contributed by atoms with Crippen molar-refractivity contribution in [3.63, 3.8) is 0 Å². The van der Waals surface area contributed by atoms with Gasteiger partial charge in [0.25, 0.3) is 0 Å². The first-order valence-corrected chi connectivity index (χ1v) is 4.57. The Bertz CT molecular complexity index is 342.